The van der Waals surface area contributed by atoms with E-state index in [2.05, 4.69) is 4.98 Å². The number of para-hydroxylation sites is 1. The molecule has 4 rings (SSSR count). The third kappa shape index (κ3) is 2.99. The summed E-state index contributed by atoms with van der Waals surface area (Å²) in [5.74, 6) is -0.0953. The van der Waals surface area contributed by atoms with Crippen molar-refractivity contribution in [1.29, 1.82) is 0 Å². The Hall–Kier alpha value is -2.66. The average Bonchev–Trinajstić information content (AvgIpc) is 2.68. The molecule has 1 atom stereocenters. The molecule has 1 aliphatic rings. The van der Waals surface area contributed by atoms with Crippen LogP contribution in [-0.4, -0.2) is 33.4 Å². The van der Waals surface area contributed by atoms with Gasteiger partial charge in [0.05, 0.1) is 33.9 Å². The maximum atomic E-state index is 12.8. The molecular weight excluding hydrogens is 350 g/mol. The number of benzene rings is 2. The third-order valence-corrected chi connectivity index (χ3v) is 5.20. The molecule has 2 aromatic carbocycles. The van der Waals surface area contributed by atoms with Crippen molar-refractivity contribution in [1.82, 2.24) is 14.5 Å². The van der Waals surface area contributed by atoms with E-state index in [9.17, 15) is 9.59 Å². The summed E-state index contributed by atoms with van der Waals surface area (Å²) >= 11 is 6.17. The van der Waals surface area contributed by atoms with Gasteiger partial charge in [0.25, 0.3) is 11.5 Å². The van der Waals surface area contributed by atoms with Crippen molar-refractivity contribution in [3.63, 3.8) is 0 Å². The Kier molecular flexibility index (Phi) is 4.47. The molecule has 0 N–H and O–H groups in total. The van der Waals surface area contributed by atoms with Crippen LogP contribution in [0.15, 0.2) is 59.7 Å². The third-order valence-electron chi connectivity index (χ3n) is 4.87. The van der Waals surface area contributed by atoms with Crippen LogP contribution < -0.4 is 5.56 Å². The molecule has 5 nitrogen and oxygen atoms in total. The molecule has 1 fully saturated rings. The van der Waals surface area contributed by atoms with Crippen molar-refractivity contribution in [2.45, 2.75) is 18.9 Å². The number of piperidine rings is 1. The first-order valence-corrected chi connectivity index (χ1v) is 9.02. The minimum absolute atomic E-state index is 0.0624. The number of likely N-dealkylation sites (tertiary alicyclic amines) is 1. The van der Waals surface area contributed by atoms with Gasteiger partial charge in [-0.2, -0.15) is 0 Å². The quantitative estimate of drug-likeness (QED) is 0.696. The molecule has 1 saturated heterocycles. The van der Waals surface area contributed by atoms with E-state index in [1.54, 1.807) is 46.1 Å². The van der Waals surface area contributed by atoms with Gasteiger partial charge in [-0.15, -0.1) is 0 Å². The second-order valence-electron chi connectivity index (χ2n) is 6.50. The van der Waals surface area contributed by atoms with Crippen molar-refractivity contribution < 1.29 is 4.79 Å². The minimum atomic E-state index is -0.0953. The molecule has 0 saturated carbocycles. The van der Waals surface area contributed by atoms with Gasteiger partial charge in [0, 0.05) is 13.1 Å². The van der Waals surface area contributed by atoms with E-state index in [-0.39, 0.29) is 17.5 Å². The Morgan fingerprint density at radius 1 is 1.12 bits per heavy atom. The molecule has 0 unspecified atom stereocenters. The molecular formula is C20H18ClN3O2. The summed E-state index contributed by atoms with van der Waals surface area (Å²) in [4.78, 5) is 31.8. The van der Waals surface area contributed by atoms with Crippen molar-refractivity contribution in [3.05, 3.63) is 75.8 Å². The molecule has 0 bridgehead atoms. The van der Waals surface area contributed by atoms with Crippen LogP contribution in [-0.2, 0) is 0 Å². The lowest BCUT2D eigenvalue weighted by Crippen LogP contribution is -2.43. The first-order chi connectivity index (χ1) is 12.6. The standard InChI is InChI=1S/C20H18ClN3O2/c21-17-9-3-1-7-15(17)19(25)23-11-5-6-14(12-23)24-13-22-18-10-4-2-8-16(18)20(24)26/h1-4,7-10,13-14H,5-6,11-12H2/t14-/m1/s1. The Morgan fingerprint density at radius 2 is 1.88 bits per heavy atom. The number of aromatic nitrogens is 2. The van der Waals surface area contributed by atoms with E-state index in [1.807, 2.05) is 18.2 Å². The topological polar surface area (TPSA) is 55.2 Å². The normalized spacial score (nSPS) is 17.4. The number of amides is 1. The molecule has 0 aliphatic carbocycles. The summed E-state index contributed by atoms with van der Waals surface area (Å²) in [7, 11) is 0. The Morgan fingerprint density at radius 3 is 2.73 bits per heavy atom. The molecule has 0 spiro atoms. The van der Waals surface area contributed by atoms with Crippen molar-refractivity contribution in [2.75, 3.05) is 13.1 Å². The van der Waals surface area contributed by atoms with E-state index < -0.39 is 0 Å². The number of hydrogen-bond donors (Lipinski definition) is 0. The summed E-state index contributed by atoms with van der Waals surface area (Å²) in [6.45, 7) is 1.14. The van der Waals surface area contributed by atoms with Gasteiger partial charge in [0.1, 0.15) is 0 Å². The van der Waals surface area contributed by atoms with Gasteiger partial charge in [-0.05, 0) is 37.1 Å². The second-order valence-corrected chi connectivity index (χ2v) is 6.91. The highest BCUT2D eigenvalue weighted by molar-refractivity contribution is 6.33. The lowest BCUT2D eigenvalue weighted by atomic mass is 10.0. The number of nitrogens with zero attached hydrogens (tertiary/aromatic N) is 3. The predicted molar refractivity (Wildman–Crippen MR) is 102 cm³/mol. The number of hydrogen-bond acceptors (Lipinski definition) is 3. The number of carbonyl (C=O) groups excluding carboxylic acids is 1. The van der Waals surface area contributed by atoms with E-state index in [0.29, 0.717) is 34.6 Å². The van der Waals surface area contributed by atoms with Crippen molar-refractivity contribution in [2.24, 2.45) is 0 Å². The first-order valence-electron chi connectivity index (χ1n) is 8.65. The van der Waals surface area contributed by atoms with Crippen LogP contribution >= 0.6 is 11.6 Å². The van der Waals surface area contributed by atoms with Crippen LogP contribution in [0.4, 0.5) is 0 Å². The lowest BCUT2D eigenvalue weighted by molar-refractivity contribution is 0.0677. The van der Waals surface area contributed by atoms with Gasteiger partial charge < -0.3 is 4.90 Å². The highest BCUT2D eigenvalue weighted by Crippen LogP contribution is 2.24. The highest BCUT2D eigenvalue weighted by atomic mass is 35.5. The van der Waals surface area contributed by atoms with E-state index in [4.69, 9.17) is 11.6 Å². The molecule has 3 aromatic rings. The number of rotatable bonds is 2. The summed E-state index contributed by atoms with van der Waals surface area (Å²) in [6, 6.07) is 14.3. The second kappa shape index (κ2) is 6.92. The van der Waals surface area contributed by atoms with Crippen molar-refractivity contribution >= 4 is 28.4 Å². The van der Waals surface area contributed by atoms with E-state index in [0.717, 1.165) is 12.8 Å². The lowest BCUT2D eigenvalue weighted by Gasteiger charge is -2.33. The number of fused-ring (bicyclic) bond motifs is 1. The van der Waals surface area contributed by atoms with E-state index in [1.165, 1.54) is 0 Å². The zero-order valence-corrected chi connectivity index (χ0v) is 14.9. The molecule has 132 valence electrons. The summed E-state index contributed by atoms with van der Waals surface area (Å²) in [5.41, 5.74) is 1.13. The van der Waals surface area contributed by atoms with Gasteiger partial charge >= 0.3 is 0 Å². The molecule has 1 amide bonds. The van der Waals surface area contributed by atoms with Gasteiger partial charge in [0.2, 0.25) is 0 Å². The smallest absolute Gasteiger partial charge is 0.261 e. The van der Waals surface area contributed by atoms with Crippen LogP contribution in [0.3, 0.4) is 0 Å². The fourth-order valence-corrected chi connectivity index (χ4v) is 3.73. The molecule has 26 heavy (non-hydrogen) atoms. The van der Waals surface area contributed by atoms with E-state index >= 15 is 0 Å². The fourth-order valence-electron chi connectivity index (χ4n) is 3.51. The zero-order chi connectivity index (χ0) is 18.1. The number of halogens is 1. The molecule has 6 heteroatoms. The van der Waals surface area contributed by atoms with Crippen LogP contribution in [0.5, 0.6) is 0 Å². The van der Waals surface area contributed by atoms with Gasteiger partial charge in [-0.25, -0.2) is 4.98 Å². The van der Waals surface area contributed by atoms with Gasteiger partial charge in [-0.3, -0.25) is 14.2 Å². The SMILES string of the molecule is O=C(c1ccccc1Cl)N1CCC[C@@H](n2cnc3ccccc3c2=O)C1. The Labute approximate surface area is 155 Å². The van der Waals surface area contributed by atoms with Crippen molar-refractivity contribution in [3.8, 4) is 0 Å². The van der Waals surface area contributed by atoms with Gasteiger partial charge in [-0.1, -0.05) is 35.9 Å². The summed E-state index contributed by atoms with van der Waals surface area (Å²) in [6.07, 6.45) is 3.27. The maximum Gasteiger partial charge on any atom is 0.261 e. The van der Waals surface area contributed by atoms with Crippen LogP contribution in [0.2, 0.25) is 5.02 Å². The van der Waals surface area contributed by atoms with Gasteiger partial charge in [0.15, 0.2) is 0 Å². The molecule has 2 heterocycles. The van der Waals surface area contributed by atoms with Crippen LogP contribution in [0.25, 0.3) is 10.9 Å². The Bertz CT molecular complexity index is 1030. The summed E-state index contributed by atoms with van der Waals surface area (Å²) < 4.78 is 1.66. The monoisotopic (exact) mass is 367 g/mol. The first kappa shape index (κ1) is 16.8. The zero-order valence-electron chi connectivity index (χ0n) is 14.1. The van der Waals surface area contributed by atoms with Crippen LogP contribution in [0, 0.1) is 0 Å². The maximum absolute atomic E-state index is 12.8. The fraction of sp³-hybridized carbons (Fsp3) is 0.250. The molecule has 1 aliphatic heterocycles. The molecule has 1 aromatic heterocycles. The predicted octanol–water partition coefficient (Wildman–Crippen LogP) is 3.53. The molecule has 0 radical (unpaired) electrons. The highest BCUT2D eigenvalue weighted by Gasteiger charge is 2.27. The summed E-state index contributed by atoms with van der Waals surface area (Å²) in [5, 5.41) is 1.05. The minimum Gasteiger partial charge on any atom is -0.337 e. The largest absolute Gasteiger partial charge is 0.337 e. The Balaban J connectivity index is 1.63. The van der Waals surface area contributed by atoms with Crippen LogP contribution in [0.1, 0.15) is 29.2 Å². The average molecular weight is 368 g/mol. The number of carbonyl (C=O) groups is 1.